The van der Waals surface area contributed by atoms with Gasteiger partial charge in [0, 0.05) is 20.2 Å². The molecular formula is C23H22N2O5S. The van der Waals surface area contributed by atoms with Crippen LogP contribution in [0, 0.1) is 13.8 Å². The van der Waals surface area contributed by atoms with Crippen LogP contribution in [0.2, 0.25) is 0 Å². The molecular weight excluding hydrogens is 416 g/mol. The number of nitrogens with zero attached hydrogens (tertiary/aromatic N) is 1. The third kappa shape index (κ3) is 3.87. The third-order valence-corrected chi connectivity index (χ3v) is 6.95. The second-order valence-corrected chi connectivity index (χ2v) is 9.60. The molecule has 31 heavy (non-hydrogen) atoms. The SMILES string of the molecule is Cc1ccc(Oc2cc3c(cc2S(=O)(=O)N(C)C)C(=O)Nc2ccccc2O3)cc1C. The van der Waals surface area contributed by atoms with Crippen LogP contribution in [0.25, 0.3) is 0 Å². The van der Waals surface area contributed by atoms with Crippen molar-refractivity contribution in [3.05, 3.63) is 71.3 Å². The molecule has 0 aromatic heterocycles. The quantitative estimate of drug-likeness (QED) is 0.638. The van der Waals surface area contributed by atoms with Crippen LogP contribution in [0.5, 0.6) is 23.0 Å². The molecule has 0 saturated heterocycles. The largest absolute Gasteiger partial charge is 0.456 e. The number of hydrogen-bond donors (Lipinski definition) is 1. The van der Waals surface area contributed by atoms with E-state index in [-0.39, 0.29) is 22.0 Å². The Morgan fingerprint density at radius 1 is 0.935 bits per heavy atom. The number of anilines is 1. The molecule has 4 rings (SSSR count). The van der Waals surface area contributed by atoms with Gasteiger partial charge in [-0.1, -0.05) is 18.2 Å². The average Bonchev–Trinajstić information content (AvgIpc) is 2.85. The lowest BCUT2D eigenvalue weighted by molar-refractivity contribution is 0.102. The summed E-state index contributed by atoms with van der Waals surface area (Å²) in [6, 6.07) is 15.2. The van der Waals surface area contributed by atoms with Gasteiger partial charge in [0.15, 0.2) is 11.5 Å². The van der Waals surface area contributed by atoms with Gasteiger partial charge < -0.3 is 14.8 Å². The van der Waals surface area contributed by atoms with Crippen molar-refractivity contribution >= 4 is 21.6 Å². The summed E-state index contributed by atoms with van der Waals surface area (Å²) in [4.78, 5) is 12.7. The van der Waals surface area contributed by atoms with E-state index >= 15 is 0 Å². The number of hydrogen-bond acceptors (Lipinski definition) is 5. The fraction of sp³-hybridized carbons (Fsp3) is 0.174. The molecule has 0 atom stereocenters. The monoisotopic (exact) mass is 438 g/mol. The zero-order valence-corrected chi connectivity index (χ0v) is 18.4. The molecule has 1 aliphatic heterocycles. The van der Waals surface area contributed by atoms with Crippen LogP contribution in [-0.4, -0.2) is 32.7 Å². The molecule has 0 spiro atoms. The van der Waals surface area contributed by atoms with Crippen molar-refractivity contribution in [1.82, 2.24) is 4.31 Å². The van der Waals surface area contributed by atoms with Crippen molar-refractivity contribution in [3.63, 3.8) is 0 Å². The van der Waals surface area contributed by atoms with Gasteiger partial charge in [-0.2, -0.15) is 0 Å². The topological polar surface area (TPSA) is 84.9 Å². The second kappa shape index (κ2) is 7.72. The Morgan fingerprint density at radius 3 is 2.39 bits per heavy atom. The minimum Gasteiger partial charge on any atom is -0.456 e. The molecule has 1 amide bonds. The lowest BCUT2D eigenvalue weighted by Crippen LogP contribution is -2.23. The Hall–Kier alpha value is -3.36. The molecule has 7 nitrogen and oxygen atoms in total. The lowest BCUT2D eigenvalue weighted by Gasteiger charge is -2.18. The van der Waals surface area contributed by atoms with Crippen molar-refractivity contribution in [2.24, 2.45) is 0 Å². The maximum atomic E-state index is 13.0. The van der Waals surface area contributed by atoms with Crippen LogP contribution in [-0.2, 0) is 10.0 Å². The number of sulfonamides is 1. The number of aryl methyl sites for hydroxylation is 2. The zero-order valence-electron chi connectivity index (χ0n) is 17.6. The maximum Gasteiger partial charge on any atom is 0.259 e. The summed E-state index contributed by atoms with van der Waals surface area (Å²) in [7, 11) is -1.06. The minimum atomic E-state index is -3.91. The molecule has 3 aromatic rings. The summed E-state index contributed by atoms with van der Waals surface area (Å²) in [5, 5.41) is 2.76. The highest BCUT2D eigenvalue weighted by Gasteiger charge is 2.29. The smallest absolute Gasteiger partial charge is 0.259 e. The van der Waals surface area contributed by atoms with E-state index in [1.165, 1.54) is 26.2 Å². The molecule has 160 valence electrons. The highest BCUT2D eigenvalue weighted by atomic mass is 32.2. The molecule has 1 aliphatic rings. The van der Waals surface area contributed by atoms with E-state index in [2.05, 4.69) is 5.32 Å². The minimum absolute atomic E-state index is 0.0721. The number of carbonyl (C=O) groups excluding carboxylic acids is 1. The van der Waals surface area contributed by atoms with Crippen LogP contribution in [0.3, 0.4) is 0 Å². The van der Waals surface area contributed by atoms with Crippen LogP contribution in [0.1, 0.15) is 21.5 Å². The summed E-state index contributed by atoms with van der Waals surface area (Å²) >= 11 is 0. The highest BCUT2D eigenvalue weighted by molar-refractivity contribution is 7.89. The highest BCUT2D eigenvalue weighted by Crippen LogP contribution is 2.41. The molecule has 8 heteroatoms. The molecule has 3 aromatic carbocycles. The van der Waals surface area contributed by atoms with Crippen LogP contribution in [0.4, 0.5) is 5.69 Å². The van der Waals surface area contributed by atoms with Gasteiger partial charge in [0.1, 0.15) is 16.4 Å². The summed E-state index contributed by atoms with van der Waals surface area (Å²) in [5.74, 6) is 0.751. The number of fused-ring (bicyclic) bond motifs is 2. The van der Waals surface area contributed by atoms with Crippen molar-refractivity contribution < 1.29 is 22.7 Å². The molecule has 0 unspecified atom stereocenters. The second-order valence-electron chi connectivity index (χ2n) is 7.48. The normalized spacial score (nSPS) is 13.0. The van der Waals surface area contributed by atoms with Crippen LogP contribution < -0.4 is 14.8 Å². The fourth-order valence-electron chi connectivity index (χ4n) is 3.15. The first-order valence-electron chi connectivity index (χ1n) is 9.61. The molecule has 0 radical (unpaired) electrons. The summed E-state index contributed by atoms with van der Waals surface area (Å²) < 4.78 is 39.1. The first kappa shape index (κ1) is 20.9. The number of rotatable bonds is 4. The Labute approximate surface area is 181 Å². The van der Waals surface area contributed by atoms with E-state index in [1.54, 1.807) is 30.3 Å². The fourth-order valence-corrected chi connectivity index (χ4v) is 4.17. The number of para-hydroxylation sites is 2. The Kier molecular flexibility index (Phi) is 5.20. The predicted molar refractivity (Wildman–Crippen MR) is 118 cm³/mol. The van der Waals surface area contributed by atoms with E-state index in [4.69, 9.17) is 9.47 Å². The third-order valence-electron chi connectivity index (χ3n) is 5.11. The van der Waals surface area contributed by atoms with Gasteiger partial charge in [-0.05, 0) is 55.3 Å². The zero-order chi connectivity index (χ0) is 22.3. The van der Waals surface area contributed by atoms with Gasteiger partial charge >= 0.3 is 0 Å². The van der Waals surface area contributed by atoms with Crippen LogP contribution >= 0.6 is 0 Å². The summed E-state index contributed by atoms with van der Waals surface area (Å²) in [6.07, 6.45) is 0. The Bertz CT molecular complexity index is 1300. The molecule has 1 N–H and O–H groups in total. The van der Waals surface area contributed by atoms with E-state index in [1.807, 2.05) is 26.0 Å². The Morgan fingerprint density at radius 2 is 1.68 bits per heavy atom. The van der Waals surface area contributed by atoms with Gasteiger partial charge in [0.25, 0.3) is 5.91 Å². The average molecular weight is 439 g/mol. The van der Waals surface area contributed by atoms with Gasteiger partial charge in [-0.15, -0.1) is 0 Å². The van der Waals surface area contributed by atoms with Gasteiger partial charge in [-0.25, -0.2) is 12.7 Å². The van der Waals surface area contributed by atoms with Crippen LogP contribution in [0.15, 0.2) is 59.5 Å². The van der Waals surface area contributed by atoms with Crippen molar-refractivity contribution in [1.29, 1.82) is 0 Å². The Balaban J connectivity index is 1.90. The molecule has 0 saturated carbocycles. The molecule has 1 heterocycles. The number of carbonyl (C=O) groups is 1. The molecule has 0 aliphatic carbocycles. The summed E-state index contributed by atoms with van der Waals surface area (Å²) in [6.45, 7) is 3.93. The predicted octanol–water partition coefficient (Wildman–Crippen LogP) is 4.70. The van der Waals surface area contributed by atoms with Gasteiger partial charge in [0.2, 0.25) is 10.0 Å². The number of nitrogens with one attached hydrogen (secondary N) is 1. The van der Waals surface area contributed by atoms with Gasteiger partial charge in [-0.3, -0.25) is 4.79 Å². The van der Waals surface area contributed by atoms with Crippen molar-refractivity contribution in [2.75, 3.05) is 19.4 Å². The van der Waals surface area contributed by atoms with E-state index in [9.17, 15) is 13.2 Å². The molecule has 0 bridgehead atoms. The van der Waals surface area contributed by atoms with E-state index in [0.717, 1.165) is 15.4 Å². The first-order valence-corrected chi connectivity index (χ1v) is 11.0. The van der Waals surface area contributed by atoms with Gasteiger partial charge in [0.05, 0.1) is 11.3 Å². The lowest BCUT2D eigenvalue weighted by atomic mass is 10.1. The maximum absolute atomic E-state index is 13.0. The van der Waals surface area contributed by atoms with E-state index in [0.29, 0.717) is 17.2 Å². The number of amides is 1. The standard InChI is InChI=1S/C23H22N2O5S/c1-14-9-10-16(11-15(14)2)29-21-13-20-17(12-22(21)31(27,28)25(3)4)23(26)24-18-7-5-6-8-19(18)30-20/h5-13H,1-4H3,(H,24,26). The van der Waals surface area contributed by atoms with Crippen molar-refractivity contribution in [3.8, 4) is 23.0 Å². The first-order chi connectivity index (χ1) is 14.7. The number of benzene rings is 3. The molecule has 0 fully saturated rings. The number of ether oxygens (including phenoxy) is 2. The van der Waals surface area contributed by atoms with E-state index < -0.39 is 15.9 Å². The van der Waals surface area contributed by atoms with Crippen molar-refractivity contribution in [2.45, 2.75) is 18.7 Å². The summed E-state index contributed by atoms with van der Waals surface area (Å²) in [5.41, 5.74) is 2.70.